The molecule has 0 fully saturated rings. The van der Waals surface area contributed by atoms with Gasteiger partial charge >= 0.3 is 0 Å². The van der Waals surface area contributed by atoms with Crippen LogP contribution in [0.2, 0.25) is 0 Å². The molecule has 2 rings (SSSR count). The summed E-state index contributed by atoms with van der Waals surface area (Å²) < 4.78 is 10.8. The molecule has 7 nitrogen and oxygen atoms in total. The van der Waals surface area contributed by atoms with Gasteiger partial charge in [0.15, 0.2) is 0 Å². The van der Waals surface area contributed by atoms with E-state index < -0.39 is 0 Å². The fourth-order valence-electron chi connectivity index (χ4n) is 2.65. The van der Waals surface area contributed by atoms with Gasteiger partial charge in [-0.25, -0.2) is 0 Å². The van der Waals surface area contributed by atoms with Crippen molar-refractivity contribution in [2.75, 3.05) is 51.1 Å². The first-order valence-corrected chi connectivity index (χ1v) is 10.1. The molecule has 0 unspecified atom stereocenters. The smallest absolute Gasteiger partial charge is 0.243 e. The van der Waals surface area contributed by atoms with Crippen LogP contribution in [0.1, 0.15) is 18.9 Å². The van der Waals surface area contributed by atoms with Crippen molar-refractivity contribution < 1.29 is 19.1 Å². The molecule has 0 heterocycles. The van der Waals surface area contributed by atoms with Crippen LogP contribution >= 0.6 is 0 Å². The number of anilines is 2. The van der Waals surface area contributed by atoms with E-state index in [9.17, 15) is 9.59 Å². The first-order valence-electron chi connectivity index (χ1n) is 10.1. The topological polar surface area (TPSA) is 79.9 Å². The number of rotatable bonds is 12. The van der Waals surface area contributed by atoms with Crippen molar-refractivity contribution in [3.05, 3.63) is 54.1 Å². The van der Waals surface area contributed by atoms with Crippen LogP contribution in [0.4, 0.5) is 11.4 Å². The molecule has 0 spiro atoms. The normalized spacial score (nSPS) is 10.4. The molecule has 0 aliphatic carbocycles. The highest BCUT2D eigenvalue weighted by atomic mass is 16.5. The molecule has 0 bridgehead atoms. The molecule has 0 aliphatic rings. The number of ether oxygens (including phenoxy) is 2. The third kappa shape index (κ3) is 8.53. The lowest BCUT2D eigenvalue weighted by Gasteiger charge is -2.11. The van der Waals surface area contributed by atoms with Gasteiger partial charge in [-0.1, -0.05) is 12.1 Å². The molecule has 162 valence electrons. The van der Waals surface area contributed by atoms with Gasteiger partial charge in [-0.15, -0.1) is 0 Å². The van der Waals surface area contributed by atoms with E-state index in [4.69, 9.17) is 9.47 Å². The van der Waals surface area contributed by atoms with E-state index in [2.05, 4.69) is 10.6 Å². The summed E-state index contributed by atoms with van der Waals surface area (Å²) in [6.07, 6.45) is 1.15. The second-order valence-corrected chi connectivity index (χ2v) is 6.96. The van der Waals surface area contributed by atoms with Gasteiger partial charge in [0.05, 0.1) is 13.2 Å². The van der Waals surface area contributed by atoms with Gasteiger partial charge in [0.2, 0.25) is 11.8 Å². The Labute approximate surface area is 178 Å². The molecule has 7 heteroatoms. The van der Waals surface area contributed by atoms with Gasteiger partial charge in [-0.3, -0.25) is 9.59 Å². The number of carbonyl (C=O) groups excluding carboxylic acids is 2. The third-order valence-corrected chi connectivity index (χ3v) is 4.37. The zero-order valence-corrected chi connectivity index (χ0v) is 17.9. The minimum Gasteiger partial charge on any atom is -0.491 e. The SMILES string of the molecule is CCOCCOc1ccc(NCC(=O)Nc2ccc(CCC(=O)N(C)C)cc2)cc1. The quantitative estimate of drug-likeness (QED) is 0.523. The summed E-state index contributed by atoms with van der Waals surface area (Å²) in [7, 11) is 3.50. The summed E-state index contributed by atoms with van der Waals surface area (Å²) >= 11 is 0. The average molecular weight is 414 g/mol. The van der Waals surface area contributed by atoms with Crippen molar-refractivity contribution in [3.63, 3.8) is 0 Å². The lowest BCUT2D eigenvalue weighted by molar-refractivity contribution is -0.128. The standard InChI is InChI=1S/C23H31N3O4/c1-4-29-15-16-30-21-12-10-19(11-13-21)24-17-22(27)25-20-8-5-18(6-9-20)7-14-23(28)26(2)3/h5-6,8-13,24H,4,7,14-17H2,1-3H3,(H,25,27). The van der Waals surface area contributed by atoms with Crippen LogP contribution in [0.5, 0.6) is 5.75 Å². The Morgan fingerprint density at radius 1 is 0.933 bits per heavy atom. The average Bonchev–Trinajstić information content (AvgIpc) is 2.75. The molecular formula is C23H31N3O4. The fraction of sp³-hybridized carbons (Fsp3) is 0.391. The minimum atomic E-state index is -0.137. The van der Waals surface area contributed by atoms with Crippen LogP contribution in [0.25, 0.3) is 0 Å². The molecule has 0 aromatic heterocycles. The maximum atomic E-state index is 12.2. The van der Waals surface area contributed by atoms with Gasteiger partial charge in [-0.2, -0.15) is 0 Å². The molecule has 2 aromatic carbocycles. The van der Waals surface area contributed by atoms with E-state index in [1.54, 1.807) is 19.0 Å². The van der Waals surface area contributed by atoms with Crippen molar-refractivity contribution in [1.29, 1.82) is 0 Å². The molecule has 0 radical (unpaired) electrons. The van der Waals surface area contributed by atoms with Gasteiger partial charge in [0.1, 0.15) is 12.4 Å². The molecule has 0 aliphatic heterocycles. The van der Waals surface area contributed by atoms with Gasteiger partial charge in [0.25, 0.3) is 0 Å². The van der Waals surface area contributed by atoms with Crippen molar-refractivity contribution in [2.45, 2.75) is 19.8 Å². The summed E-state index contributed by atoms with van der Waals surface area (Å²) in [5.74, 6) is 0.725. The van der Waals surface area contributed by atoms with Gasteiger partial charge in [-0.05, 0) is 55.3 Å². The van der Waals surface area contributed by atoms with E-state index >= 15 is 0 Å². The molecular weight excluding hydrogens is 382 g/mol. The second kappa shape index (κ2) is 12.5. The van der Waals surface area contributed by atoms with E-state index in [-0.39, 0.29) is 18.4 Å². The number of amides is 2. The Morgan fingerprint density at radius 2 is 1.60 bits per heavy atom. The lowest BCUT2D eigenvalue weighted by atomic mass is 10.1. The molecule has 0 saturated carbocycles. The van der Waals surface area contributed by atoms with Crippen molar-refractivity contribution in [1.82, 2.24) is 4.90 Å². The van der Waals surface area contributed by atoms with E-state index in [1.165, 1.54) is 0 Å². The lowest BCUT2D eigenvalue weighted by Crippen LogP contribution is -2.22. The summed E-state index contributed by atoms with van der Waals surface area (Å²) in [4.78, 5) is 25.4. The Balaban J connectivity index is 1.72. The van der Waals surface area contributed by atoms with E-state index in [0.717, 1.165) is 22.7 Å². The highest BCUT2D eigenvalue weighted by molar-refractivity contribution is 5.93. The molecule has 2 aromatic rings. The summed E-state index contributed by atoms with van der Waals surface area (Å²) in [5, 5.41) is 5.95. The van der Waals surface area contributed by atoms with E-state index in [0.29, 0.717) is 32.7 Å². The summed E-state index contributed by atoms with van der Waals surface area (Å²) in [6.45, 7) is 3.85. The largest absolute Gasteiger partial charge is 0.491 e. The van der Waals surface area contributed by atoms with Crippen LogP contribution in [-0.4, -0.2) is 57.2 Å². The van der Waals surface area contributed by atoms with Crippen LogP contribution in [0.15, 0.2) is 48.5 Å². The number of carbonyl (C=O) groups is 2. The molecule has 0 atom stereocenters. The Morgan fingerprint density at radius 3 is 2.23 bits per heavy atom. The highest BCUT2D eigenvalue weighted by Crippen LogP contribution is 2.16. The molecule has 30 heavy (non-hydrogen) atoms. The summed E-state index contributed by atoms with van der Waals surface area (Å²) in [6, 6.07) is 15.0. The van der Waals surface area contributed by atoms with Crippen LogP contribution in [0.3, 0.4) is 0 Å². The Bertz CT molecular complexity index is 789. The number of hydrogen-bond acceptors (Lipinski definition) is 5. The maximum absolute atomic E-state index is 12.2. The second-order valence-electron chi connectivity index (χ2n) is 6.96. The minimum absolute atomic E-state index is 0.101. The molecule has 2 amide bonds. The van der Waals surface area contributed by atoms with Gasteiger partial charge < -0.3 is 25.0 Å². The van der Waals surface area contributed by atoms with E-state index in [1.807, 2.05) is 55.5 Å². The summed E-state index contributed by atoms with van der Waals surface area (Å²) in [5.41, 5.74) is 2.62. The highest BCUT2D eigenvalue weighted by Gasteiger charge is 2.06. The fourth-order valence-corrected chi connectivity index (χ4v) is 2.65. The zero-order valence-electron chi connectivity index (χ0n) is 17.9. The number of benzene rings is 2. The van der Waals surface area contributed by atoms with Crippen molar-refractivity contribution in [2.24, 2.45) is 0 Å². The van der Waals surface area contributed by atoms with Crippen LogP contribution in [-0.2, 0) is 20.7 Å². The predicted molar refractivity (Wildman–Crippen MR) is 119 cm³/mol. The Kier molecular flexibility index (Phi) is 9.67. The number of nitrogens with zero attached hydrogens (tertiary/aromatic N) is 1. The maximum Gasteiger partial charge on any atom is 0.243 e. The van der Waals surface area contributed by atoms with Crippen molar-refractivity contribution >= 4 is 23.2 Å². The van der Waals surface area contributed by atoms with Gasteiger partial charge in [0, 0.05) is 38.5 Å². The zero-order chi connectivity index (χ0) is 21.8. The van der Waals surface area contributed by atoms with Crippen LogP contribution in [0, 0.1) is 0 Å². The first-order chi connectivity index (χ1) is 14.5. The van der Waals surface area contributed by atoms with Crippen molar-refractivity contribution in [3.8, 4) is 5.75 Å². The third-order valence-electron chi connectivity index (χ3n) is 4.37. The number of nitrogens with one attached hydrogen (secondary N) is 2. The number of aryl methyl sites for hydroxylation is 1. The Hall–Kier alpha value is -3.06. The monoisotopic (exact) mass is 413 g/mol. The molecule has 2 N–H and O–H groups in total. The molecule has 0 saturated heterocycles. The first kappa shape index (κ1) is 23.2. The van der Waals surface area contributed by atoms with Crippen LogP contribution < -0.4 is 15.4 Å². The number of hydrogen-bond donors (Lipinski definition) is 2. The predicted octanol–water partition coefficient (Wildman–Crippen LogP) is 3.17.